The minimum atomic E-state index is -0.0621. The molecule has 6 nitrogen and oxygen atoms in total. The van der Waals surface area contributed by atoms with Crippen LogP contribution in [-0.2, 0) is 16.8 Å². The zero-order valence-corrected chi connectivity index (χ0v) is 13.4. The molecule has 0 saturated heterocycles. The van der Waals surface area contributed by atoms with Gasteiger partial charge in [0.05, 0.1) is 17.3 Å². The Kier molecular flexibility index (Phi) is 3.72. The Hall–Kier alpha value is -2.76. The fourth-order valence-corrected chi connectivity index (χ4v) is 2.93. The van der Waals surface area contributed by atoms with Crippen molar-refractivity contribution < 1.29 is 4.79 Å². The van der Waals surface area contributed by atoms with Crippen LogP contribution in [0, 0.1) is 0 Å². The Morgan fingerprint density at radius 1 is 1.21 bits per heavy atom. The second-order valence-corrected chi connectivity index (χ2v) is 6.34. The van der Waals surface area contributed by atoms with E-state index in [0.717, 1.165) is 29.4 Å². The summed E-state index contributed by atoms with van der Waals surface area (Å²) in [5, 5.41) is 12.1. The highest BCUT2D eigenvalue weighted by molar-refractivity contribution is 5.79. The summed E-state index contributed by atoms with van der Waals surface area (Å²) in [5.41, 5.74) is 1.85. The minimum absolute atomic E-state index is 0.0522. The molecule has 1 saturated carbocycles. The number of para-hydroxylation sites is 1. The Morgan fingerprint density at radius 2 is 2.08 bits per heavy atom. The topological polar surface area (TPSA) is 72.7 Å². The minimum Gasteiger partial charge on any atom is -0.354 e. The van der Waals surface area contributed by atoms with Crippen molar-refractivity contribution in [1.82, 2.24) is 25.3 Å². The van der Waals surface area contributed by atoms with Gasteiger partial charge in [-0.1, -0.05) is 29.5 Å². The van der Waals surface area contributed by atoms with Crippen LogP contribution in [0.2, 0.25) is 0 Å². The van der Waals surface area contributed by atoms with Gasteiger partial charge in [-0.05, 0) is 31.4 Å². The summed E-state index contributed by atoms with van der Waals surface area (Å²) in [6.07, 6.45) is 6.68. The van der Waals surface area contributed by atoms with E-state index < -0.39 is 0 Å². The van der Waals surface area contributed by atoms with E-state index in [4.69, 9.17) is 0 Å². The third kappa shape index (κ3) is 2.99. The predicted octanol–water partition coefficient (Wildman–Crippen LogP) is 2.06. The number of nitrogens with one attached hydrogen (secondary N) is 1. The van der Waals surface area contributed by atoms with Crippen molar-refractivity contribution >= 4 is 16.8 Å². The first kappa shape index (κ1) is 14.8. The molecule has 1 aromatic carbocycles. The number of hydrogen-bond donors (Lipinski definition) is 1. The molecule has 6 heteroatoms. The first-order valence-electron chi connectivity index (χ1n) is 8.23. The average Bonchev–Trinajstić information content (AvgIpc) is 3.20. The van der Waals surface area contributed by atoms with Crippen LogP contribution in [0.25, 0.3) is 10.9 Å². The molecule has 2 aromatic heterocycles. The third-order valence-corrected chi connectivity index (χ3v) is 4.61. The Bertz CT molecular complexity index is 855. The van der Waals surface area contributed by atoms with E-state index in [1.807, 2.05) is 41.2 Å². The summed E-state index contributed by atoms with van der Waals surface area (Å²) in [6, 6.07) is 12.1. The lowest BCUT2D eigenvalue weighted by Crippen LogP contribution is -2.36. The molecule has 0 bridgehead atoms. The summed E-state index contributed by atoms with van der Waals surface area (Å²) < 4.78 is 1.86. The fraction of sp³-hybridized carbons (Fsp3) is 0.333. The number of pyridine rings is 1. The molecule has 122 valence electrons. The predicted molar refractivity (Wildman–Crippen MR) is 90.3 cm³/mol. The van der Waals surface area contributed by atoms with Gasteiger partial charge in [0.25, 0.3) is 0 Å². The van der Waals surface area contributed by atoms with E-state index in [2.05, 4.69) is 26.7 Å². The first-order chi connectivity index (χ1) is 11.8. The monoisotopic (exact) mass is 321 g/mol. The highest BCUT2D eigenvalue weighted by atomic mass is 16.1. The molecule has 3 aromatic rings. The molecule has 0 spiro atoms. The van der Waals surface area contributed by atoms with Gasteiger partial charge >= 0.3 is 0 Å². The van der Waals surface area contributed by atoms with Crippen LogP contribution < -0.4 is 5.32 Å². The quantitative estimate of drug-likeness (QED) is 0.754. The maximum absolute atomic E-state index is 12.1. The van der Waals surface area contributed by atoms with E-state index in [0.29, 0.717) is 19.4 Å². The number of aryl methyl sites for hydroxylation is 1. The summed E-state index contributed by atoms with van der Waals surface area (Å²) in [7, 11) is 0. The van der Waals surface area contributed by atoms with E-state index in [1.165, 1.54) is 0 Å². The van der Waals surface area contributed by atoms with Crippen LogP contribution in [-0.4, -0.2) is 32.4 Å². The molecule has 1 fully saturated rings. The number of hydrogen-bond acceptors (Lipinski definition) is 4. The summed E-state index contributed by atoms with van der Waals surface area (Å²) in [4.78, 5) is 16.7. The van der Waals surface area contributed by atoms with Gasteiger partial charge in [0.1, 0.15) is 0 Å². The van der Waals surface area contributed by atoms with Crippen molar-refractivity contribution in [2.75, 3.05) is 6.54 Å². The van der Waals surface area contributed by atoms with E-state index in [-0.39, 0.29) is 11.4 Å². The lowest BCUT2D eigenvalue weighted by Gasteiger charge is -2.15. The van der Waals surface area contributed by atoms with Crippen molar-refractivity contribution in [3.05, 3.63) is 54.5 Å². The van der Waals surface area contributed by atoms with Gasteiger partial charge in [-0.2, -0.15) is 0 Å². The standard InChI is InChI=1S/C18H19N5O/c24-17(19-13-18(9-10-18)23-12-11-20-22-23)8-7-15-6-5-14-3-1-2-4-16(14)21-15/h1-6,11-12H,7-10,13H2,(H,19,24). The van der Waals surface area contributed by atoms with Gasteiger partial charge in [0.2, 0.25) is 5.91 Å². The SMILES string of the molecule is O=C(CCc1ccc2ccccc2n1)NCC1(n2ccnn2)CC1. The van der Waals surface area contributed by atoms with E-state index in [9.17, 15) is 4.79 Å². The molecular weight excluding hydrogens is 302 g/mol. The number of amides is 1. The highest BCUT2D eigenvalue weighted by Crippen LogP contribution is 2.41. The number of rotatable bonds is 6. The Balaban J connectivity index is 1.31. The number of carbonyl (C=O) groups is 1. The van der Waals surface area contributed by atoms with Gasteiger partial charge in [0.15, 0.2) is 0 Å². The lowest BCUT2D eigenvalue weighted by molar-refractivity contribution is -0.121. The lowest BCUT2D eigenvalue weighted by atomic mass is 10.1. The zero-order chi connectivity index (χ0) is 16.4. The Morgan fingerprint density at radius 3 is 2.88 bits per heavy atom. The van der Waals surface area contributed by atoms with Crippen molar-refractivity contribution in [3.63, 3.8) is 0 Å². The molecule has 24 heavy (non-hydrogen) atoms. The van der Waals surface area contributed by atoms with Crippen LogP contribution in [0.5, 0.6) is 0 Å². The van der Waals surface area contributed by atoms with Gasteiger partial charge in [-0.3, -0.25) is 9.78 Å². The molecular formula is C18H19N5O. The first-order valence-corrected chi connectivity index (χ1v) is 8.23. The summed E-state index contributed by atoms with van der Waals surface area (Å²) in [5.74, 6) is 0.0522. The van der Waals surface area contributed by atoms with Crippen LogP contribution in [0.4, 0.5) is 0 Å². The van der Waals surface area contributed by atoms with Crippen molar-refractivity contribution in [1.29, 1.82) is 0 Å². The van der Waals surface area contributed by atoms with Gasteiger partial charge in [-0.15, -0.1) is 5.10 Å². The maximum Gasteiger partial charge on any atom is 0.220 e. The molecule has 0 atom stereocenters. The van der Waals surface area contributed by atoms with Crippen LogP contribution in [0.3, 0.4) is 0 Å². The molecule has 1 aliphatic carbocycles. The second kappa shape index (κ2) is 6.03. The molecule has 1 N–H and O–H groups in total. The molecule has 0 aliphatic heterocycles. The van der Waals surface area contributed by atoms with Gasteiger partial charge in [-0.25, -0.2) is 4.68 Å². The van der Waals surface area contributed by atoms with Crippen molar-refractivity contribution in [2.45, 2.75) is 31.2 Å². The summed E-state index contributed by atoms with van der Waals surface area (Å²) >= 11 is 0. The maximum atomic E-state index is 12.1. The van der Waals surface area contributed by atoms with Crippen molar-refractivity contribution in [3.8, 4) is 0 Å². The molecule has 1 amide bonds. The highest BCUT2D eigenvalue weighted by Gasteiger charge is 2.45. The molecule has 0 radical (unpaired) electrons. The largest absolute Gasteiger partial charge is 0.354 e. The number of nitrogens with zero attached hydrogens (tertiary/aromatic N) is 4. The number of carbonyl (C=O) groups excluding carboxylic acids is 1. The zero-order valence-electron chi connectivity index (χ0n) is 13.4. The number of aromatic nitrogens is 4. The average molecular weight is 321 g/mol. The molecule has 2 heterocycles. The molecule has 1 aliphatic rings. The Labute approximate surface area is 139 Å². The van der Waals surface area contributed by atoms with Crippen LogP contribution in [0.1, 0.15) is 25.0 Å². The van der Waals surface area contributed by atoms with Crippen LogP contribution >= 0.6 is 0 Å². The van der Waals surface area contributed by atoms with E-state index in [1.54, 1.807) is 6.20 Å². The van der Waals surface area contributed by atoms with E-state index >= 15 is 0 Å². The molecule has 0 unspecified atom stereocenters. The number of benzene rings is 1. The normalized spacial score (nSPS) is 15.3. The number of fused-ring (bicyclic) bond motifs is 1. The van der Waals surface area contributed by atoms with Crippen molar-refractivity contribution in [2.24, 2.45) is 0 Å². The van der Waals surface area contributed by atoms with Gasteiger partial charge in [0, 0.05) is 30.2 Å². The molecule has 4 rings (SSSR count). The summed E-state index contributed by atoms with van der Waals surface area (Å²) in [6.45, 7) is 0.611. The smallest absolute Gasteiger partial charge is 0.220 e. The third-order valence-electron chi connectivity index (χ3n) is 4.61. The fourth-order valence-electron chi connectivity index (χ4n) is 2.93. The van der Waals surface area contributed by atoms with Gasteiger partial charge < -0.3 is 5.32 Å². The second-order valence-electron chi connectivity index (χ2n) is 6.34. The van der Waals surface area contributed by atoms with Crippen LogP contribution in [0.15, 0.2) is 48.8 Å².